The van der Waals surface area contributed by atoms with E-state index in [2.05, 4.69) is 4.98 Å². The van der Waals surface area contributed by atoms with E-state index in [1.165, 1.54) is 28.5 Å². The molecule has 0 aliphatic carbocycles. The lowest BCUT2D eigenvalue weighted by atomic mass is 10.1. The lowest BCUT2D eigenvalue weighted by molar-refractivity contribution is 0.0518. The number of hydrogen-bond donors (Lipinski definition) is 0. The number of halogens is 1. The van der Waals surface area contributed by atoms with E-state index in [0.717, 1.165) is 4.90 Å². The Morgan fingerprint density at radius 2 is 1.72 bits per heavy atom. The van der Waals surface area contributed by atoms with Gasteiger partial charge in [0.15, 0.2) is 5.56 Å². The van der Waals surface area contributed by atoms with Crippen molar-refractivity contribution in [1.29, 1.82) is 0 Å². The van der Waals surface area contributed by atoms with Gasteiger partial charge in [0.05, 0.1) is 12.3 Å². The molecule has 0 fully saturated rings. The third-order valence-corrected chi connectivity index (χ3v) is 5.58. The molecule has 0 aliphatic heterocycles. The number of thioether (sulfide) groups is 2. The number of ether oxygens (including phenoxy) is 1. The zero-order chi connectivity index (χ0) is 21.0. The Bertz CT molecular complexity index is 1080. The van der Waals surface area contributed by atoms with E-state index in [0.29, 0.717) is 17.1 Å². The first-order valence-corrected chi connectivity index (χ1v) is 11.2. The molecule has 1 aromatic heterocycles. The highest BCUT2D eigenvalue weighted by atomic mass is 32.2. The van der Waals surface area contributed by atoms with E-state index >= 15 is 0 Å². The van der Waals surface area contributed by atoms with Gasteiger partial charge in [-0.3, -0.25) is 9.36 Å². The molecule has 1 heterocycles. The van der Waals surface area contributed by atoms with Gasteiger partial charge in [0, 0.05) is 10.5 Å². The van der Waals surface area contributed by atoms with Crippen LogP contribution in [0, 0.1) is 5.82 Å². The molecule has 0 saturated carbocycles. The summed E-state index contributed by atoms with van der Waals surface area (Å²) in [7, 11) is 0. The third-order valence-electron chi connectivity index (χ3n) is 4.16. The van der Waals surface area contributed by atoms with E-state index in [-0.39, 0.29) is 23.0 Å². The Morgan fingerprint density at radius 3 is 2.28 bits per heavy atom. The van der Waals surface area contributed by atoms with E-state index in [9.17, 15) is 14.0 Å². The fourth-order valence-electron chi connectivity index (χ4n) is 2.79. The molecule has 8 heteroatoms. The van der Waals surface area contributed by atoms with Crippen LogP contribution < -0.4 is 5.56 Å². The second kappa shape index (κ2) is 9.28. The van der Waals surface area contributed by atoms with Crippen LogP contribution in [0.4, 0.5) is 4.39 Å². The molecule has 0 bridgehead atoms. The highest BCUT2D eigenvalue weighted by Crippen LogP contribution is 2.26. The Kier molecular flexibility index (Phi) is 6.76. The standard InChI is InChI=1S/C21H19FN2O3S2/c1-4-27-21(26)17-19(29-3)23-18(13-5-7-14(22)8-6-13)24(20(17)25)15-9-11-16(28-2)12-10-15/h5-12H,4H2,1-3H3. The number of carbonyl (C=O) groups is 1. The number of benzene rings is 2. The highest BCUT2D eigenvalue weighted by molar-refractivity contribution is 7.98. The van der Waals surface area contributed by atoms with Crippen LogP contribution in [0.5, 0.6) is 0 Å². The Labute approximate surface area is 176 Å². The molecule has 29 heavy (non-hydrogen) atoms. The summed E-state index contributed by atoms with van der Waals surface area (Å²) >= 11 is 2.76. The predicted molar refractivity (Wildman–Crippen MR) is 115 cm³/mol. The fourth-order valence-corrected chi connectivity index (χ4v) is 3.75. The number of carbonyl (C=O) groups excluding carboxylic acids is 1. The Balaban J connectivity index is 2.33. The topological polar surface area (TPSA) is 61.2 Å². The van der Waals surface area contributed by atoms with Gasteiger partial charge in [0.25, 0.3) is 5.56 Å². The first kappa shape index (κ1) is 21.1. The maximum Gasteiger partial charge on any atom is 0.346 e. The predicted octanol–water partition coefficient (Wildman–Crippen LogP) is 4.66. The summed E-state index contributed by atoms with van der Waals surface area (Å²) in [5, 5.41) is 0.268. The summed E-state index contributed by atoms with van der Waals surface area (Å²) in [5.41, 5.74) is 0.471. The van der Waals surface area contributed by atoms with Gasteiger partial charge >= 0.3 is 5.97 Å². The first-order chi connectivity index (χ1) is 14.0. The summed E-state index contributed by atoms with van der Waals surface area (Å²) in [5.74, 6) is -0.779. The molecular weight excluding hydrogens is 411 g/mol. The normalized spacial score (nSPS) is 10.8. The van der Waals surface area contributed by atoms with Gasteiger partial charge in [0.1, 0.15) is 16.7 Å². The number of rotatable bonds is 6. The van der Waals surface area contributed by atoms with E-state index in [1.807, 2.05) is 18.4 Å². The molecule has 0 spiro atoms. The molecule has 0 aliphatic rings. The van der Waals surface area contributed by atoms with Crippen molar-refractivity contribution in [2.24, 2.45) is 0 Å². The van der Waals surface area contributed by atoms with E-state index < -0.39 is 11.5 Å². The lowest BCUT2D eigenvalue weighted by Gasteiger charge is -2.16. The van der Waals surface area contributed by atoms with Crippen molar-refractivity contribution in [2.45, 2.75) is 16.8 Å². The van der Waals surface area contributed by atoms with Gasteiger partial charge in [-0.2, -0.15) is 0 Å². The molecule has 0 amide bonds. The van der Waals surface area contributed by atoms with Crippen molar-refractivity contribution in [2.75, 3.05) is 19.1 Å². The number of aromatic nitrogens is 2. The van der Waals surface area contributed by atoms with E-state index in [4.69, 9.17) is 4.74 Å². The van der Waals surface area contributed by atoms with Crippen molar-refractivity contribution in [3.63, 3.8) is 0 Å². The van der Waals surface area contributed by atoms with Crippen LogP contribution in [0.25, 0.3) is 17.1 Å². The van der Waals surface area contributed by atoms with Crippen LogP contribution in [0.3, 0.4) is 0 Å². The zero-order valence-electron chi connectivity index (χ0n) is 16.1. The monoisotopic (exact) mass is 430 g/mol. The molecular formula is C21H19FN2O3S2. The summed E-state index contributed by atoms with van der Waals surface area (Å²) in [4.78, 5) is 31.5. The Morgan fingerprint density at radius 1 is 1.07 bits per heavy atom. The van der Waals surface area contributed by atoms with Crippen LogP contribution in [-0.2, 0) is 4.74 Å². The smallest absolute Gasteiger partial charge is 0.346 e. The van der Waals surface area contributed by atoms with Crippen LogP contribution in [0.15, 0.2) is 63.2 Å². The number of hydrogen-bond acceptors (Lipinski definition) is 6. The summed E-state index contributed by atoms with van der Waals surface area (Å²) in [6, 6.07) is 13.1. The van der Waals surface area contributed by atoms with Gasteiger partial charge < -0.3 is 4.74 Å². The van der Waals surface area contributed by atoms with Crippen LogP contribution in [0.1, 0.15) is 17.3 Å². The van der Waals surface area contributed by atoms with Gasteiger partial charge in [-0.05, 0) is 68.0 Å². The van der Waals surface area contributed by atoms with Gasteiger partial charge in [-0.25, -0.2) is 14.2 Å². The molecule has 0 unspecified atom stereocenters. The largest absolute Gasteiger partial charge is 0.462 e. The fraction of sp³-hybridized carbons (Fsp3) is 0.190. The molecule has 0 saturated heterocycles. The summed E-state index contributed by atoms with van der Waals surface area (Å²) in [6.45, 7) is 1.82. The van der Waals surface area contributed by atoms with Crippen molar-refractivity contribution >= 4 is 29.5 Å². The lowest BCUT2D eigenvalue weighted by Crippen LogP contribution is -2.30. The maximum atomic E-state index is 13.4. The maximum absolute atomic E-state index is 13.4. The molecule has 5 nitrogen and oxygen atoms in total. The van der Waals surface area contributed by atoms with Crippen LogP contribution >= 0.6 is 23.5 Å². The van der Waals surface area contributed by atoms with Crippen LogP contribution in [0.2, 0.25) is 0 Å². The van der Waals surface area contributed by atoms with Gasteiger partial charge in [-0.1, -0.05) is 0 Å². The zero-order valence-corrected chi connectivity index (χ0v) is 17.8. The highest BCUT2D eigenvalue weighted by Gasteiger charge is 2.24. The average Bonchev–Trinajstić information content (AvgIpc) is 2.73. The Hall–Kier alpha value is -2.58. The summed E-state index contributed by atoms with van der Waals surface area (Å²) in [6.07, 6.45) is 3.69. The minimum atomic E-state index is -0.713. The second-order valence-corrected chi connectivity index (χ2v) is 7.56. The SMILES string of the molecule is CCOC(=O)c1c(SC)nc(-c2ccc(F)cc2)n(-c2ccc(SC)cc2)c1=O. The first-order valence-electron chi connectivity index (χ1n) is 8.78. The van der Waals surface area contributed by atoms with Crippen molar-refractivity contribution in [3.8, 4) is 17.1 Å². The van der Waals surface area contributed by atoms with Crippen molar-refractivity contribution in [3.05, 3.63) is 70.3 Å². The third kappa shape index (κ3) is 4.38. The summed E-state index contributed by atoms with van der Waals surface area (Å²) < 4.78 is 19.9. The quantitative estimate of drug-likeness (QED) is 0.322. The number of esters is 1. The minimum Gasteiger partial charge on any atom is -0.462 e. The molecule has 150 valence electrons. The molecule has 0 radical (unpaired) electrons. The molecule has 0 atom stereocenters. The van der Waals surface area contributed by atoms with Crippen molar-refractivity contribution in [1.82, 2.24) is 9.55 Å². The average molecular weight is 431 g/mol. The molecule has 0 N–H and O–H groups in total. The molecule has 3 aromatic rings. The van der Waals surface area contributed by atoms with Gasteiger partial charge in [0.2, 0.25) is 0 Å². The number of nitrogens with zero attached hydrogens (tertiary/aromatic N) is 2. The van der Waals surface area contributed by atoms with Crippen molar-refractivity contribution < 1.29 is 13.9 Å². The molecule has 2 aromatic carbocycles. The minimum absolute atomic E-state index is 0.112. The van der Waals surface area contributed by atoms with E-state index in [1.54, 1.807) is 49.2 Å². The van der Waals surface area contributed by atoms with Gasteiger partial charge in [-0.15, -0.1) is 23.5 Å². The second-order valence-electron chi connectivity index (χ2n) is 5.89. The molecule has 3 rings (SSSR count). The van der Waals surface area contributed by atoms with Crippen LogP contribution in [-0.4, -0.2) is 34.6 Å².